The molecule has 1 saturated heterocycles. The van der Waals surface area contributed by atoms with Crippen LogP contribution in [-0.2, 0) is 17.6 Å². The third-order valence-corrected chi connectivity index (χ3v) is 4.40. The Labute approximate surface area is 120 Å². The smallest absolute Gasteiger partial charge is 0.243 e. The Kier molecular flexibility index (Phi) is 3.30. The molecular formula is C16H23N3O. The zero-order valence-corrected chi connectivity index (χ0v) is 12.2. The van der Waals surface area contributed by atoms with Crippen molar-refractivity contribution in [1.82, 2.24) is 10.2 Å². The molecule has 1 aliphatic heterocycles. The van der Waals surface area contributed by atoms with Crippen LogP contribution >= 0.6 is 0 Å². The van der Waals surface area contributed by atoms with Crippen LogP contribution in [0.5, 0.6) is 0 Å². The molecule has 3 rings (SSSR count). The first kappa shape index (κ1) is 13.6. The number of nitrogens with zero attached hydrogens (tertiary/aromatic N) is 1. The highest BCUT2D eigenvalue weighted by atomic mass is 16.2. The summed E-state index contributed by atoms with van der Waals surface area (Å²) in [5.74, 6) is 0.105. The SMILES string of the molecule is C[C@H]1CN(C(=O)C2(N)Cc3ccccc3C2)C[C@H](C)N1. The molecule has 20 heavy (non-hydrogen) atoms. The maximum Gasteiger partial charge on any atom is 0.243 e. The summed E-state index contributed by atoms with van der Waals surface area (Å²) in [5.41, 5.74) is 8.16. The topological polar surface area (TPSA) is 58.4 Å². The number of fused-ring (bicyclic) bond motifs is 1. The van der Waals surface area contributed by atoms with Crippen molar-refractivity contribution in [2.45, 2.75) is 44.3 Å². The van der Waals surface area contributed by atoms with Gasteiger partial charge in [0, 0.05) is 25.2 Å². The van der Waals surface area contributed by atoms with E-state index in [2.05, 4.69) is 31.3 Å². The van der Waals surface area contributed by atoms with Crippen molar-refractivity contribution >= 4 is 5.91 Å². The first-order chi connectivity index (χ1) is 9.48. The highest BCUT2D eigenvalue weighted by Gasteiger charge is 2.43. The predicted molar refractivity (Wildman–Crippen MR) is 79.4 cm³/mol. The second-order valence-corrected chi connectivity index (χ2v) is 6.46. The minimum atomic E-state index is -0.750. The Morgan fingerprint density at radius 3 is 2.20 bits per heavy atom. The van der Waals surface area contributed by atoms with Crippen molar-refractivity contribution in [3.8, 4) is 0 Å². The van der Waals surface area contributed by atoms with E-state index in [0.717, 1.165) is 13.1 Å². The van der Waals surface area contributed by atoms with Gasteiger partial charge in [0.25, 0.3) is 0 Å². The van der Waals surface area contributed by atoms with E-state index >= 15 is 0 Å². The number of carbonyl (C=O) groups excluding carboxylic acids is 1. The van der Waals surface area contributed by atoms with E-state index in [0.29, 0.717) is 24.9 Å². The number of hydrogen-bond donors (Lipinski definition) is 2. The van der Waals surface area contributed by atoms with Gasteiger partial charge in [-0.25, -0.2) is 0 Å². The number of nitrogens with one attached hydrogen (secondary N) is 1. The molecule has 0 spiro atoms. The van der Waals surface area contributed by atoms with E-state index in [1.807, 2.05) is 17.0 Å². The lowest BCUT2D eigenvalue weighted by atomic mass is 9.94. The maximum absolute atomic E-state index is 12.9. The molecule has 1 fully saturated rings. The standard InChI is InChI=1S/C16H23N3O/c1-11-9-19(10-12(2)18-11)15(20)16(17)7-13-5-3-4-6-14(13)8-16/h3-6,11-12,18H,7-10,17H2,1-2H3/t11-,12-/m0/s1. The zero-order valence-electron chi connectivity index (χ0n) is 12.2. The molecule has 0 saturated carbocycles. The zero-order chi connectivity index (χ0) is 14.3. The lowest BCUT2D eigenvalue weighted by molar-refractivity contribution is -0.138. The molecule has 1 aromatic carbocycles. The van der Waals surface area contributed by atoms with Gasteiger partial charge in [0.05, 0.1) is 0 Å². The highest BCUT2D eigenvalue weighted by Crippen LogP contribution is 2.30. The lowest BCUT2D eigenvalue weighted by Gasteiger charge is -2.39. The Morgan fingerprint density at radius 2 is 1.70 bits per heavy atom. The van der Waals surface area contributed by atoms with Gasteiger partial charge in [0.15, 0.2) is 0 Å². The van der Waals surface area contributed by atoms with Gasteiger partial charge in [-0.15, -0.1) is 0 Å². The summed E-state index contributed by atoms with van der Waals surface area (Å²) in [7, 11) is 0. The average molecular weight is 273 g/mol. The highest BCUT2D eigenvalue weighted by molar-refractivity contribution is 5.88. The molecule has 1 amide bonds. The molecule has 108 valence electrons. The van der Waals surface area contributed by atoms with Crippen molar-refractivity contribution in [3.63, 3.8) is 0 Å². The van der Waals surface area contributed by atoms with Gasteiger partial charge in [-0.3, -0.25) is 4.79 Å². The summed E-state index contributed by atoms with van der Waals surface area (Å²) >= 11 is 0. The second-order valence-electron chi connectivity index (χ2n) is 6.46. The first-order valence-corrected chi connectivity index (χ1v) is 7.39. The molecule has 4 heteroatoms. The summed E-state index contributed by atoms with van der Waals surface area (Å²) < 4.78 is 0. The molecule has 0 radical (unpaired) electrons. The summed E-state index contributed by atoms with van der Waals surface area (Å²) in [6, 6.07) is 8.86. The number of hydrogen-bond acceptors (Lipinski definition) is 3. The number of nitrogens with two attached hydrogens (primary N) is 1. The van der Waals surface area contributed by atoms with Crippen LogP contribution in [-0.4, -0.2) is 41.5 Å². The van der Waals surface area contributed by atoms with E-state index in [4.69, 9.17) is 5.73 Å². The Hall–Kier alpha value is -1.39. The van der Waals surface area contributed by atoms with Crippen molar-refractivity contribution in [2.24, 2.45) is 5.73 Å². The van der Waals surface area contributed by atoms with Gasteiger partial charge >= 0.3 is 0 Å². The third kappa shape index (κ3) is 2.34. The molecule has 4 nitrogen and oxygen atoms in total. The van der Waals surface area contributed by atoms with E-state index in [-0.39, 0.29) is 5.91 Å². The van der Waals surface area contributed by atoms with E-state index < -0.39 is 5.54 Å². The normalized spacial score (nSPS) is 28.2. The Balaban J connectivity index is 1.78. The summed E-state index contributed by atoms with van der Waals surface area (Å²) in [5, 5.41) is 3.45. The minimum absolute atomic E-state index is 0.105. The monoisotopic (exact) mass is 273 g/mol. The number of amides is 1. The van der Waals surface area contributed by atoms with Crippen molar-refractivity contribution in [3.05, 3.63) is 35.4 Å². The van der Waals surface area contributed by atoms with Crippen molar-refractivity contribution < 1.29 is 4.79 Å². The maximum atomic E-state index is 12.9. The van der Waals surface area contributed by atoms with Gasteiger partial charge in [-0.1, -0.05) is 24.3 Å². The molecule has 0 unspecified atom stereocenters. The Bertz CT molecular complexity index is 493. The number of benzene rings is 1. The van der Waals surface area contributed by atoms with Crippen LogP contribution in [0.3, 0.4) is 0 Å². The second kappa shape index (κ2) is 4.86. The van der Waals surface area contributed by atoms with Crippen LogP contribution < -0.4 is 11.1 Å². The average Bonchev–Trinajstić information content (AvgIpc) is 2.74. The fraction of sp³-hybridized carbons (Fsp3) is 0.562. The van der Waals surface area contributed by atoms with E-state index in [1.165, 1.54) is 11.1 Å². The van der Waals surface area contributed by atoms with Gasteiger partial charge in [-0.2, -0.15) is 0 Å². The number of rotatable bonds is 1. The Morgan fingerprint density at radius 1 is 1.20 bits per heavy atom. The van der Waals surface area contributed by atoms with Crippen LogP contribution in [0.15, 0.2) is 24.3 Å². The third-order valence-electron chi connectivity index (χ3n) is 4.40. The summed E-state index contributed by atoms with van der Waals surface area (Å²) in [6.45, 7) is 5.72. The molecule has 2 atom stereocenters. The molecular weight excluding hydrogens is 250 g/mol. The van der Waals surface area contributed by atoms with E-state index in [1.54, 1.807) is 0 Å². The minimum Gasteiger partial charge on any atom is -0.338 e. The quantitative estimate of drug-likeness (QED) is 0.791. The molecule has 1 heterocycles. The molecule has 1 aromatic rings. The molecule has 2 aliphatic rings. The van der Waals surface area contributed by atoms with Crippen molar-refractivity contribution in [1.29, 1.82) is 0 Å². The van der Waals surface area contributed by atoms with Crippen LogP contribution in [0, 0.1) is 0 Å². The van der Waals surface area contributed by atoms with Crippen LogP contribution in [0.2, 0.25) is 0 Å². The fourth-order valence-electron chi connectivity index (χ4n) is 3.60. The predicted octanol–water partition coefficient (Wildman–Crippen LogP) is 0.692. The van der Waals surface area contributed by atoms with Gasteiger partial charge in [0.2, 0.25) is 5.91 Å². The molecule has 1 aliphatic carbocycles. The molecule has 0 bridgehead atoms. The molecule has 0 aromatic heterocycles. The largest absolute Gasteiger partial charge is 0.338 e. The van der Waals surface area contributed by atoms with Crippen molar-refractivity contribution in [2.75, 3.05) is 13.1 Å². The first-order valence-electron chi connectivity index (χ1n) is 7.39. The van der Waals surface area contributed by atoms with Crippen LogP contribution in [0.4, 0.5) is 0 Å². The van der Waals surface area contributed by atoms with Crippen LogP contribution in [0.25, 0.3) is 0 Å². The number of carbonyl (C=O) groups is 1. The summed E-state index contributed by atoms with van der Waals surface area (Å²) in [6.07, 6.45) is 1.32. The lowest BCUT2D eigenvalue weighted by Crippen LogP contribution is -2.63. The molecule has 3 N–H and O–H groups in total. The van der Waals surface area contributed by atoms with Gasteiger partial charge in [0.1, 0.15) is 5.54 Å². The van der Waals surface area contributed by atoms with Crippen LogP contribution in [0.1, 0.15) is 25.0 Å². The van der Waals surface area contributed by atoms with E-state index in [9.17, 15) is 4.79 Å². The van der Waals surface area contributed by atoms with Gasteiger partial charge < -0.3 is 16.0 Å². The van der Waals surface area contributed by atoms with Gasteiger partial charge in [-0.05, 0) is 37.8 Å². The summed E-state index contributed by atoms with van der Waals surface area (Å²) in [4.78, 5) is 14.8. The number of piperazine rings is 1. The fourth-order valence-corrected chi connectivity index (χ4v) is 3.60.